The summed E-state index contributed by atoms with van der Waals surface area (Å²) in [4.78, 5) is 26.3. The van der Waals surface area contributed by atoms with E-state index < -0.39 is 5.54 Å². The third-order valence-corrected chi connectivity index (χ3v) is 3.94. The number of aryl methyl sites for hydroxylation is 1. The van der Waals surface area contributed by atoms with Gasteiger partial charge in [-0.25, -0.2) is 0 Å². The summed E-state index contributed by atoms with van der Waals surface area (Å²) in [5, 5.41) is 2.81. The largest absolute Gasteiger partial charge is 0.340 e. The molecule has 108 valence electrons. The van der Waals surface area contributed by atoms with Gasteiger partial charge in [-0.15, -0.1) is 0 Å². The fourth-order valence-corrected chi connectivity index (χ4v) is 2.60. The van der Waals surface area contributed by atoms with Crippen LogP contribution in [0.1, 0.15) is 39.2 Å². The van der Waals surface area contributed by atoms with E-state index in [0.717, 1.165) is 24.1 Å². The van der Waals surface area contributed by atoms with Crippen LogP contribution in [0.3, 0.4) is 0 Å². The molecule has 0 radical (unpaired) electrons. The molecule has 0 spiro atoms. The highest BCUT2D eigenvalue weighted by atomic mass is 16.2. The first-order valence-electron chi connectivity index (χ1n) is 7.22. The van der Waals surface area contributed by atoms with Crippen molar-refractivity contribution < 1.29 is 9.59 Å². The van der Waals surface area contributed by atoms with Gasteiger partial charge in [0.05, 0.1) is 0 Å². The maximum absolute atomic E-state index is 12.7. The van der Waals surface area contributed by atoms with Crippen molar-refractivity contribution in [2.24, 2.45) is 0 Å². The number of carbonyl (C=O) groups excluding carboxylic acids is 2. The monoisotopic (exact) mass is 274 g/mol. The van der Waals surface area contributed by atoms with Crippen LogP contribution >= 0.6 is 0 Å². The molecule has 2 amide bonds. The lowest BCUT2D eigenvalue weighted by Gasteiger charge is -2.39. The van der Waals surface area contributed by atoms with Crippen LogP contribution in [0.2, 0.25) is 0 Å². The minimum absolute atomic E-state index is 0.0249. The number of hydrogen-bond donors (Lipinski definition) is 1. The van der Waals surface area contributed by atoms with Crippen molar-refractivity contribution in [3.05, 3.63) is 29.8 Å². The average molecular weight is 274 g/mol. The van der Waals surface area contributed by atoms with Crippen LogP contribution in [-0.4, -0.2) is 23.9 Å². The molecule has 0 saturated carbocycles. The highest BCUT2D eigenvalue weighted by Crippen LogP contribution is 2.27. The van der Waals surface area contributed by atoms with Gasteiger partial charge in [0.25, 0.3) is 5.91 Å². The molecule has 0 aromatic heterocycles. The van der Waals surface area contributed by atoms with Gasteiger partial charge in [-0.05, 0) is 31.4 Å². The van der Waals surface area contributed by atoms with Crippen LogP contribution in [0.4, 0.5) is 5.69 Å². The Kier molecular flexibility index (Phi) is 4.12. The van der Waals surface area contributed by atoms with Crippen molar-refractivity contribution in [3.63, 3.8) is 0 Å². The number of benzene rings is 1. The Morgan fingerprint density at radius 1 is 1.25 bits per heavy atom. The molecule has 1 heterocycles. The van der Waals surface area contributed by atoms with Crippen molar-refractivity contribution in [1.82, 2.24) is 5.32 Å². The van der Waals surface area contributed by atoms with E-state index >= 15 is 0 Å². The van der Waals surface area contributed by atoms with E-state index in [-0.39, 0.29) is 18.4 Å². The van der Waals surface area contributed by atoms with Gasteiger partial charge >= 0.3 is 0 Å². The van der Waals surface area contributed by atoms with Crippen LogP contribution < -0.4 is 10.2 Å². The number of para-hydroxylation sites is 1. The third-order valence-electron chi connectivity index (χ3n) is 3.94. The van der Waals surface area contributed by atoms with Crippen LogP contribution in [0.15, 0.2) is 24.3 Å². The summed E-state index contributed by atoms with van der Waals surface area (Å²) < 4.78 is 0. The molecule has 2 rings (SSSR count). The van der Waals surface area contributed by atoms with E-state index in [1.165, 1.54) is 0 Å². The van der Waals surface area contributed by atoms with Gasteiger partial charge in [0.1, 0.15) is 12.1 Å². The van der Waals surface area contributed by atoms with Crippen LogP contribution in [0.5, 0.6) is 0 Å². The first kappa shape index (κ1) is 14.6. The first-order valence-corrected chi connectivity index (χ1v) is 7.22. The van der Waals surface area contributed by atoms with Crippen molar-refractivity contribution in [2.45, 2.75) is 45.6 Å². The van der Waals surface area contributed by atoms with Crippen molar-refractivity contribution in [3.8, 4) is 0 Å². The van der Waals surface area contributed by atoms with Crippen molar-refractivity contribution in [2.75, 3.05) is 11.4 Å². The molecular weight excluding hydrogens is 252 g/mol. The number of nitrogens with one attached hydrogen (secondary N) is 1. The summed E-state index contributed by atoms with van der Waals surface area (Å²) in [5.41, 5.74) is 1.19. The minimum atomic E-state index is -0.797. The number of amides is 2. The van der Waals surface area contributed by atoms with Gasteiger partial charge in [-0.1, -0.05) is 38.5 Å². The fourth-order valence-electron chi connectivity index (χ4n) is 2.60. The van der Waals surface area contributed by atoms with E-state index in [4.69, 9.17) is 0 Å². The smallest absolute Gasteiger partial charge is 0.252 e. The van der Waals surface area contributed by atoms with E-state index in [2.05, 4.69) is 12.2 Å². The predicted molar refractivity (Wildman–Crippen MR) is 79.6 cm³/mol. The summed E-state index contributed by atoms with van der Waals surface area (Å²) in [6.45, 7) is 5.92. The van der Waals surface area contributed by atoms with E-state index in [9.17, 15) is 9.59 Å². The molecule has 20 heavy (non-hydrogen) atoms. The zero-order valence-electron chi connectivity index (χ0n) is 12.4. The van der Waals surface area contributed by atoms with Crippen LogP contribution in [-0.2, 0) is 16.0 Å². The summed E-state index contributed by atoms with van der Waals surface area (Å²) in [7, 11) is 0. The maximum Gasteiger partial charge on any atom is 0.252 e. The van der Waals surface area contributed by atoms with Gasteiger partial charge in [0, 0.05) is 5.69 Å². The van der Waals surface area contributed by atoms with Gasteiger partial charge in [-0.3, -0.25) is 9.59 Å². The second-order valence-corrected chi connectivity index (χ2v) is 5.50. The molecule has 1 unspecified atom stereocenters. The molecule has 1 aromatic carbocycles. The molecule has 0 bridgehead atoms. The first-order chi connectivity index (χ1) is 9.51. The highest BCUT2D eigenvalue weighted by molar-refractivity contribution is 6.09. The van der Waals surface area contributed by atoms with Gasteiger partial charge in [-0.2, -0.15) is 0 Å². The summed E-state index contributed by atoms with van der Waals surface area (Å²) in [6.07, 6.45) is 2.50. The van der Waals surface area contributed by atoms with Crippen LogP contribution in [0, 0.1) is 0 Å². The molecule has 4 nitrogen and oxygen atoms in total. The second kappa shape index (κ2) is 5.65. The lowest BCUT2D eigenvalue weighted by atomic mass is 9.93. The predicted octanol–water partition coefficient (Wildman–Crippen LogP) is 2.27. The Morgan fingerprint density at radius 3 is 2.60 bits per heavy atom. The van der Waals surface area contributed by atoms with Crippen molar-refractivity contribution in [1.29, 1.82) is 0 Å². The summed E-state index contributed by atoms with van der Waals surface area (Å²) in [5.74, 6) is -0.122. The van der Waals surface area contributed by atoms with Gasteiger partial charge in [0.15, 0.2) is 0 Å². The number of carbonyl (C=O) groups is 2. The molecule has 1 N–H and O–H groups in total. The van der Waals surface area contributed by atoms with E-state index in [0.29, 0.717) is 6.42 Å². The molecule has 0 aliphatic carbocycles. The Labute approximate surface area is 120 Å². The number of hydrogen-bond acceptors (Lipinski definition) is 2. The molecule has 1 saturated heterocycles. The Morgan fingerprint density at radius 2 is 1.95 bits per heavy atom. The maximum atomic E-state index is 12.7. The molecule has 1 aliphatic rings. The molecule has 1 aromatic rings. The molecule has 1 fully saturated rings. The Bertz CT molecular complexity index is 527. The molecule has 4 heteroatoms. The zero-order valence-corrected chi connectivity index (χ0v) is 12.4. The molecular formula is C16H22N2O2. The Hall–Kier alpha value is -1.84. The van der Waals surface area contributed by atoms with Gasteiger partial charge in [0.2, 0.25) is 5.91 Å². The number of piperazine rings is 1. The second-order valence-electron chi connectivity index (χ2n) is 5.50. The normalized spacial score (nSPS) is 22.9. The summed E-state index contributed by atoms with van der Waals surface area (Å²) >= 11 is 0. The third kappa shape index (κ3) is 2.55. The highest BCUT2D eigenvalue weighted by Gasteiger charge is 2.42. The van der Waals surface area contributed by atoms with E-state index in [1.54, 1.807) is 11.8 Å². The Balaban J connectivity index is 2.41. The fraction of sp³-hybridized carbons (Fsp3) is 0.500. The van der Waals surface area contributed by atoms with Crippen LogP contribution in [0.25, 0.3) is 0 Å². The van der Waals surface area contributed by atoms with Gasteiger partial charge < -0.3 is 10.2 Å². The molecule has 1 atom stereocenters. The van der Waals surface area contributed by atoms with E-state index in [1.807, 2.05) is 31.2 Å². The lowest BCUT2D eigenvalue weighted by Crippen LogP contribution is -2.65. The standard InChI is InChI=1S/C16H22N2O2/c1-4-8-12-9-6-7-10-13(12)18-11-14(19)17-16(3,5-2)15(18)20/h6-7,9-10H,4-5,8,11H2,1-3H3,(H,17,19). The molecule has 1 aliphatic heterocycles. The zero-order chi connectivity index (χ0) is 14.8. The lowest BCUT2D eigenvalue weighted by molar-refractivity contribution is -0.135. The minimum Gasteiger partial charge on any atom is -0.340 e. The topological polar surface area (TPSA) is 49.4 Å². The number of rotatable bonds is 4. The number of anilines is 1. The SMILES string of the molecule is CCCc1ccccc1N1CC(=O)NC(C)(CC)C1=O. The average Bonchev–Trinajstić information content (AvgIpc) is 2.44. The number of nitrogens with zero attached hydrogens (tertiary/aromatic N) is 1. The van der Waals surface area contributed by atoms with Crippen molar-refractivity contribution >= 4 is 17.5 Å². The quantitative estimate of drug-likeness (QED) is 0.915. The summed E-state index contributed by atoms with van der Waals surface area (Å²) in [6, 6.07) is 7.85.